The molecule has 18 heavy (non-hydrogen) atoms. The van der Waals surface area contributed by atoms with Crippen molar-refractivity contribution in [1.82, 2.24) is 9.78 Å². The summed E-state index contributed by atoms with van der Waals surface area (Å²) in [6.07, 6.45) is 1.39. The molecule has 4 nitrogen and oxygen atoms in total. The fourth-order valence-electron chi connectivity index (χ4n) is 1.62. The minimum Gasteiger partial charge on any atom is -0.383 e. The van der Waals surface area contributed by atoms with E-state index in [0.29, 0.717) is 11.1 Å². The molecule has 1 heterocycles. The molecule has 2 aromatic rings. The molecule has 0 saturated heterocycles. The van der Waals surface area contributed by atoms with Gasteiger partial charge in [0.05, 0.1) is 16.8 Å². The predicted octanol–water partition coefficient (Wildman–Crippen LogP) is 2.22. The van der Waals surface area contributed by atoms with Gasteiger partial charge in [-0.25, -0.2) is 4.39 Å². The second-order valence-electron chi connectivity index (χ2n) is 3.88. The first-order valence-electron chi connectivity index (χ1n) is 5.24. The Labute approximate surface area is 108 Å². The van der Waals surface area contributed by atoms with Gasteiger partial charge >= 0.3 is 0 Å². The summed E-state index contributed by atoms with van der Waals surface area (Å²) in [5.74, 6) is -0.498. The number of nitrogen functional groups attached to an aromatic ring is 1. The van der Waals surface area contributed by atoms with E-state index in [1.54, 1.807) is 13.1 Å². The number of rotatable bonds is 3. The molecule has 94 valence electrons. The lowest BCUT2D eigenvalue weighted by Gasteiger charge is -2.04. The zero-order valence-corrected chi connectivity index (χ0v) is 10.4. The van der Waals surface area contributed by atoms with Crippen LogP contribution in [0.5, 0.6) is 0 Å². The van der Waals surface area contributed by atoms with Crippen LogP contribution in [0.1, 0.15) is 15.9 Å². The smallest absolute Gasteiger partial charge is 0.172 e. The molecule has 0 atom stereocenters. The van der Waals surface area contributed by atoms with Gasteiger partial charge in [-0.15, -0.1) is 0 Å². The van der Waals surface area contributed by atoms with Crippen molar-refractivity contribution in [2.75, 3.05) is 5.73 Å². The molecule has 0 aliphatic rings. The summed E-state index contributed by atoms with van der Waals surface area (Å²) in [7, 11) is 1.64. The van der Waals surface area contributed by atoms with Gasteiger partial charge in [0.15, 0.2) is 5.78 Å². The maximum absolute atomic E-state index is 13.2. The minimum absolute atomic E-state index is 0.00745. The lowest BCUT2D eigenvalue weighted by atomic mass is 10.0. The number of nitrogens with zero attached hydrogens (tertiary/aromatic N) is 2. The predicted molar refractivity (Wildman–Crippen MR) is 67.1 cm³/mol. The van der Waals surface area contributed by atoms with E-state index in [1.807, 2.05) is 0 Å². The minimum atomic E-state index is -0.541. The molecule has 0 saturated carbocycles. The fraction of sp³-hybridized carbons (Fsp3) is 0.167. The Balaban J connectivity index is 2.27. The van der Waals surface area contributed by atoms with Gasteiger partial charge in [0, 0.05) is 13.5 Å². The summed E-state index contributed by atoms with van der Waals surface area (Å²) >= 11 is 5.79. The highest BCUT2D eigenvalue weighted by Crippen LogP contribution is 2.22. The number of carbonyl (C=O) groups excluding carboxylic acids is 1. The van der Waals surface area contributed by atoms with Crippen LogP contribution in [0.2, 0.25) is 5.02 Å². The molecular formula is C12H11ClFN3O. The molecule has 6 heteroatoms. The summed E-state index contributed by atoms with van der Waals surface area (Å²) < 4.78 is 14.6. The van der Waals surface area contributed by atoms with Crippen molar-refractivity contribution in [3.8, 4) is 0 Å². The van der Waals surface area contributed by atoms with Crippen LogP contribution in [0.15, 0.2) is 24.4 Å². The largest absolute Gasteiger partial charge is 0.383 e. The summed E-state index contributed by atoms with van der Waals surface area (Å²) in [6, 6.07) is 4.36. The first kappa shape index (κ1) is 12.6. The summed E-state index contributed by atoms with van der Waals surface area (Å²) in [6.45, 7) is 0. The first-order valence-corrected chi connectivity index (χ1v) is 5.62. The summed E-state index contributed by atoms with van der Waals surface area (Å²) in [5.41, 5.74) is 6.45. The second kappa shape index (κ2) is 4.78. The maximum atomic E-state index is 13.2. The van der Waals surface area contributed by atoms with Crippen LogP contribution in [0.25, 0.3) is 0 Å². The molecule has 2 rings (SSSR count). The molecule has 2 N–H and O–H groups in total. The SMILES string of the molecule is Cn1ncc(C(=O)Cc2cccc(F)c2Cl)c1N. The molecule has 0 bridgehead atoms. The van der Waals surface area contributed by atoms with E-state index in [-0.39, 0.29) is 23.0 Å². The van der Waals surface area contributed by atoms with E-state index in [9.17, 15) is 9.18 Å². The molecule has 0 unspecified atom stereocenters. The number of hydrogen-bond donors (Lipinski definition) is 1. The number of carbonyl (C=O) groups is 1. The molecule has 0 fully saturated rings. The van der Waals surface area contributed by atoms with Crippen LogP contribution in [0.4, 0.5) is 10.2 Å². The number of nitrogens with two attached hydrogens (primary N) is 1. The van der Waals surface area contributed by atoms with Crippen molar-refractivity contribution >= 4 is 23.2 Å². The van der Waals surface area contributed by atoms with Crippen molar-refractivity contribution in [2.24, 2.45) is 7.05 Å². The van der Waals surface area contributed by atoms with E-state index in [1.165, 1.54) is 23.0 Å². The Hall–Kier alpha value is -1.88. The lowest BCUT2D eigenvalue weighted by molar-refractivity contribution is 0.0994. The van der Waals surface area contributed by atoms with Crippen molar-refractivity contribution < 1.29 is 9.18 Å². The Morgan fingerprint density at radius 1 is 1.56 bits per heavy atom. The van der Waals surface area contributed by atoms with Crippen LogP contribution in [-0.2, 0) is 13.5 Å². The Kier molecular flexibility index (Phi) is 3.34. The standard InChI is InChI=1S/C12H11ClFN3O/c1-17-12(15)8(6-16-17)10(18)5-7-3-2-4-9(14)11(7)13/h2-4,6H,5,15H2,1H3. The number of halogens is 2. The van der Waals surface area contributed by atoms with Crippen molar-refractivity contribution in [2.45, 2.75) is 6.42 Å². The number of aromatic nitrogens is 2. The fourth-order valence-corrected chi connectivity index (χ4v) is 1.81. The van der Waals surface area contributed by atoms with E-state index in [4.69, 9.17) is 17.3 Å². The molecule has 0 radical (unpaired) electrons. The molecule has 0 aliphatic carbocycles. The average molecular weight is 268 g/mol. The zero-order valence-electron chi connectivity index (χ0n) is 9.65. The molecule has 0 spiro atoms. The Morgan fingerprint density at radius 3 is 2.89 bits per heavy atom. The van der Waals surface area contributed by atoms with Gasteiger partial charge in [0.25, 0.3) is 0 Å². The van der Waals surface area contributed by atoms with Crippen LogP contribution in [0.3, 0.4) is 0 Å². The van der Waals surface area contributed by atoms with Gasteiger partial charge in [0.1, 0.15) is 11.6 Å². The zero-order chi connectivity index (χ0) is 13.3. The Bertz CT molecular complexity index is 609. The van der Waals surface area contributed by atoms with E-state index >= 15 is 0 Å². The van der Waals surface area contributed by atoms with Crippen molar-refractivity contribution in [1.29, 1.82) is 0 Å². The highest BCUT2D eigenvalue weighted by Gasteiger charge is 2.16. The summed E-state index contributed by atoms with van der Waals surface area (Å²) in [4.78, 5) is 12.0. The molecular weight excluding hydrogens is 257 g/mol. The topological polar surface area (TPSA) is 60.9 Å². The maximum Gasteiger partial charge on any atom is 0.172 e. The van der Waals surface area contributed by atoms with Gasteiger partial charge in [-0.05, 0) is 11.6 Å². The monoisotopic (exact) mass is 267 g/mol. The average Bonchev–Trinajstić information content (AvgIpc) is 2.66. The number of aryl methyl sites for hydroxylation is 1. The van der Waals surface area contributed by atoms with Crippen LogP contribution < -0.4 is 5.73 Å². The highest BCUT2D eigenvalue weighted by molar-refractivity contribution is 6.31. The number of hydrogen-bond acceptors (Lipinski definition) is 3. The molecule has 1 aromatic heterocycles. The van der Waals surface area contributed by atoms with Crippen molar-refractivity contribution in [3.05, 3.63) is 46.4 Å². The summed E-state index contributed by atoms with van der Waals surface area (Å²) in [5, 5.41) is 3.85. The van der Waals surface area contributed by atoms with Gasteiger partial charge in [0.2, 0.25) is 0 Å². The Morgan fingerprint density at radius 2 is 2.28 bits per heavy atom. The third kappa shape index (κ3) is 2.22. The number of benzene rings is 1. The van der Waals surface area contributed by atoms with Crippen molar-refractivity contribution in [3.63, 3.8) is 0 Å². The van der Waals surface area contributed by atoms with Gasteiger partial charge in [-0.3, -0.25) is 9.48 Å². The molecule has 1 aromatic carbocycles. The van der Waals surface area contributed by atoms with Crippen LogP contribution in [0, 0.1) is 5.82 Å². The van der Waals surface area contributed by atoms with E-state index < -0.39 is 5.82 Å². The molecule has 0 aliphatic heterocycles. The number of ketones is 1. The second-order valence-corrected chi connectivity index (χ2v) is 4.26. The first-order chi connectivity index (χ1) is 8.50. The van der Waals surface area contributed by atoms with Crippen LogP contribution >= 0.6 is 11.6 Å². The normalized spacial score (nSPS) is 10.6. The lowest BCUT2D eigenvalue weighted by Crippen LogP contribution is -2.08. The van der Waals surface area contributed by atoms with Gasteiger partial charge in [-0.1, -0.05) is 23.7 Å². The number of Topliss-reactive ketones (excluding diaryl/α,β-unsaturated/α-hetero) is 1. The number of anilines is 1. The molecule has 0 amide bonds. The van der Waals surface area contributed by atoms with E-state index in [2.05, 4.69) is 5.10 Å². The van der Waals surface area contributed by atoms with Gasteiger partial charge < -0.3 is 5.73 Å². The third-order valence-electron chi connectivity index (χ3n) is 2.67. The highest BCUT2D eigenvalue weighted by atomic mass is 35.5. The van der Waals surface area contributed by atoms with Gasteiger partial charge in [-0.2, -0.15) is 5.10 Å². The van der Waals surface area contributed by atoms with E-state index in [0.717, 1.165) is 0 Å². The van der Waals surface area contributed by atoms with Crippen LogP contribution in [-0.4, -0.2) is 15.6 Å². The third-order valence-corrected chi connectivity index (χ3v) is 3.09. The quantitative estimate of drug-likeness (QED) is 0.868.